The zero-order valence-corrected chi connectivity index (χ0v) is 19.9. The molecule has 1 aliphatic rings. The Bertz CT molecular complexity index is 1340. The van der Waals surface area contributed by atoms with Gasteiger partial charge in [-0.25, -0.2) is 0 Å². The van der Waals surface area contributed by atoms with Gasteiger partial charge in [-0.3, -0.25) is 9.78 Å². The van der Waals surface area contributed by atoms with E-state index in [4.69, 9.17) is 28.0 Å². The highest BCUT2D eigenvalue weighted by Crippen LogP contribution is 2.50. The number of oxime groups is 1. The van der Waals surface area contributed by atoms with Crippen LogP contribution in [0, 0.1) is 0 Å². The lowest BCUT2D eigenvalue weighted by atomic mass is 9.86. The van der Waals surface area contributed by atoms with Crippen LogP contribution in [-0.4, -0.2) is 22.8 Å². The molecule has 0 fully saturated rings. The number of rotatable bonds is 5. The summed E-state index contributed by atoms with van der Waals surface area (Å²) in [5.41, 5.74) is -5.82. The number of amides is 1. The van der Waals surface area contributed by atoms with E-state index in [0.29, 0.717) is 11.8 Å². The van der Waals surface area contributed by atoms with Gasteiger partial charge in [0.2, 0.25) is 0 Å². The zero-order valence-electron chi connectivity index (χ0n) is 18.4. The summed E-state index contributed by atoms with van der Waals surface area (Å²) in [5, 5.41) is 5.63. The molecular formula is C24H15Cl2F6N3O2. The van der Waals surface area contributed by atoms with E-state index in [0.717, 1.165) is 24.3 Å². The number of alkyl halides is 6. The lowest BCUT2D eigenvalue weighted by Crippen LogP contribution is -2.42. The number of hydrogen-bond donors (Lipinski definition) is 1. The molecule has 1 unspecified atom stereocenters. The van der Waals surface area contributed by atoms with E-state index in [1.165, 1.54) is 12.3 Å². The summed E-state index contributed by atoms with van der Waals surface area (Å²) in [6.07, 6.45) is -9.50. The predicted molar refractivity (Wildman–Crippen MR) is 123 cm³/mol. The lowest BCUT2D eigenvalue weighted by Gasteiger charge is -2.29. The second kappa shape index (κ2) is 9.86. The third-order valence-corrected chi connectivity index (χ3v) is 6.01. The molecule has 3 aromatic rings. The molecule has 1 amide bonds. The fourth-order valence-electron chi connectivity index (χ4n) is 3.77. The number of benzene rings is 2. The normalized spacial score (nSPS) is 17.8. The minimum atomic E-state index is -5.02. The van der Waals surface area contributed by atoms with E-state index in [1.807, 2.05) is 0 Å². The molecule has 2 heterocycles. The van der Waals surface area contributed by atoms with Gasteiger partial charge < -0.3 is 10.2 Å². The summed E-state index contributed by atoms with van der Waals surface area (Å²) in [6, 6.07) is 10.6. The van der Waals surface area contributed by atoms with E-state index in [9.17, 15) is 31.1 Å². The largest absolute Gasteiger partial charge is 0.435 e. The number of nitrogens with zero attached hydrogens (tertiary/aromatic N) is 2. The van der Waals surface area contributed by atoms with Gasteiger partial charge in [-0.2, -0.15) is 26.3 Å². The molecule has 37 heavy (non-hydrogen) atoms. The molecule has 0 saturated carbocycles. The number of carbonyl (C=O) groups is 1. The van der Waals surface area contributed by atoms with Crippen LogP contribution in [0.3, 0.4) is 0 Å². The Morgan fingerprint density at radius 3 is 2.30 bits per heavy atom. The topological polar surface area (TPSA) is 63.6 Å². The average molecular weight is 562 g/mol. The second-order valence-corrected chi connectivity index (χ2v) is 8.92. The van der Waals surface area contributed by atoms with Crippen molar-refractivity contribution in [2.45, 2.75) is 30.9 Å². The van der Waals surface area contributed by atoms with Crippen LogP contribution in [0.25, 0.3) is 0 Å². The molecule has 5 nitrogen and oxygen atoms in total. The Kier molecular flexibility index (Phi) is 7.13. The highest BCUT2D eigenvalue weighted by Gasteiger charge is 2.62. The first-order chi connectivity index (χ1) is 17.3. The highest BCUT2D eigenvalue weighted by atomic mass is 35.5. The molecule has 13 heteroatoms. The van der Waals surface area contributed by atoms with Gasteiger partial charge in [0.05, 0.1) is 29.1 Å². The number of hydrogen-bond acceptors (Lipinski definition) is 4. The molecule has 0 spiro atoms. The van der Waals surface area contributed by atoms with E-state index < -0.39 is 52.7 Å². The Labute approximate surface area is 216 Å². The monoisotopic (exact) mass is 561 g/mol. The van der Waals surface area contributed by atoms with Crippen molar-refractivity contribution in [3.8, 4) is 0 Å². The standard InChI is InChI=1S/C24H15Cl2F6N3O2/c25-15-8-14(9-16(26)10-15)22(24(30,31)32)11-20(35-37-22)13-4-5-18(19(7-13)23(27,28)29)21(36)34-12-17-3-1-2-6-33-17/h1-10H,11-12H2,(H,34,36). The lowest BCUT2D eigenvalue weighted by molar-refractivity contribution is -0.275. The van der Waals surface area contributed by atoms with Gasteiger partial charge in [0, 0.05) is 33.8 Å². The van der Waals surface area contributed by atoms with Crippen molar-refractivity contribution in [1.29, 1.82) is 0 Å². The van der Waals surface area contributed by atoms with Crippen LogP contribution < -0.4 is 5.32 Å². The van der Waals surface area contributed by atoms with Gasteiger partial charge in [0.25, 0.3) is 11.5 Å². The maximum absolute atomic E-state index is 14.2. The maximum atomic E-state index is 14.2. The molecule has 1 N–H and O–H groups in total. The number of halogens is 8. The van der Waals surface area contributed by atoms with Gasteiger partial charge in [0.15, 0.2) is 0 Å². The second-order valence-electron chi connectivity index (χ2n) is 8.05. The average Bonchev–Trinajstić information content (AvgIpc) is 3.29. The minimum absolute atomic E-state index is 0.0939. The van der Waals surface area contributed by atoms with E-state index in [2.05, 4.69) is 15.5 Å². The number of pyridine rings is 1. The van der Waals surface area contributed by atoms with Crippen molar-refractivity contribution in [2.75, 3.05) is 0 Å². The molecule has 0 bridgehead atoms. The Hall–Kier alpha value is -3.31. The van der Waals surface area contributed by atoms with E-state index >= 15 is 0 Å². The summed E-state index contributed by atoms with van der Waals surface area (Å²) < 4.78 is 84.2. The number of nitrogens with one attached hydrogen (secondary N) is 1. The summed E-state index contributed by atoms with van der Waals surface area (Å²) in [6.45, 7) is -0.129. The van der Waals surface area contributed by atoms with Crippen molar-refractivity contribution in [3.63, 3.8) is 0 Å². The fourth-order valence-corrected chi connectivity index (χ4v) is 4.30. The fraction of sp³-hybridized carbons (Fsp3) is 0.208. The molecule has 0 radical (unpaired) electrons. The first kappa shape index (κ1) is 26.7. The van der Waals surface area contributed by atoms with E-state index in [1.54, 1.807) is 18.2 Å². The maximum Gasteiger partial charge on any atom is 0.435 e. The number of aromatic nitrogens is 1. The summed E-state index contributed by atoms with van der Waals surface area (Å²) in [7, 11) is 0. The molecule has 2 aromatic carbocycles. The summed E-state index contributed by atoms with van der Waals surface area (Å²) in [4.78, 5) is 21.3. The third kappa shape index (κ3) is 5.52. The predicted octanol–water partition coefficient (Wildman–Crippen LogP) is 6.92. The van der Waals surface area contributed by atoms with Crippen molar-refractivity contribution >= 4 is 34.8 Å². The van der Waals surface area contributed by atoms with Crippen molar-refractivity contribution in [1.82, 2.24) is 10.3 Å². The van der Waals surface area contributed by atoms with Gasteiger partial charge in [-0.15, -0.1) is 0 Å². The van der Waals surface area contributed by atoms with Gasteiger partial charge in [-0.1, -0.05) is 40.5 Å². The van der Waals surface area contributed by atoms with Crippen LogP contribution in [0.5, 0.6) is 0 Å². The van der Waals surface area contributed by atoms with Crippen molar-refractivity contribution in [2.24, 2.45) is 5.16 Å². The summed E-state index contributed by atoms with van der Waals surface area (Å²) in [5.74, 6) is -1.03. The van der Waals surface area contributed by atoms with Crippen molar-refractivity contribution in [3.05, 3.63) is 98.8 Å². The van der Waals surface area contributed by atoms with Crippen LogP contribution in [0.4, 0.5) is 26.3 Å². The minimum Gasteiger partial charge on any atom is -0.374 e. The molecular weight excluding hydrogens is 547 g/mol. The zero-order chi connectivity index (χ0) is 27.0. The first-order valence-electron chi connectivity index (χ1n) is 10.5. The van der Waals surface area contributed by atoms with Gasteiger partial charge in [-0.05, 0) is 42.5 Å². The van der Waals surface area contributed by atoms with Crippen LogP contribution >= 0.6 is 23.2 Å². The molecule has 0 aliphatic carbocycles. The highest BCUT2D eigenvalue weighted by molar-refractivity contribution is 6.34. The van der Waals surface area contributed by atoms with Crippen LogP contribution in [0.15, 0.2) is 65.9 Å². The quantitative estimate of drug-likeness (QED) is 0.344. The first-order valence-corrected chi connectivity index (χ1v) is 11.2. The number of carbonyl (C=O) groups excluding carboxylic acids is 1. The molecule has 4 rings (SSSR count). The van der Waals surface area contributed by atoms with Gasteiger partial charge >= 0.3 is 12.4 Å². The van der Waals surface area contributed by atoms with Crippen LogP contribution in [-0.2, 0) is 23.2 Å². The molecule has 1 aromatic heterocycles. The molecule has 194 valence electrons. The summed E-state index contributed by atoms with van der Waals surface area (Å²) >= 11 is 11.7. The van der Waals surface area contributed by atoms with Crippen LogP contribution in [0.1, 0.15) is 39.2 Å². The third-order valence-electron chi connectivity index (χ3n) is 5.57. The Morgan fingerprint density at radius 1 is 1.00 bits per heavy atom. The van der Waals surface area contributed by atoms with Gasteiger partial charge in [0.1, 0.15) is 0 Å². The Morgan fingerprint density at radius 2 is 1.70 bits per heavy atom. The molecule has 0 saturated heterocycles. The van der Waals surface area contributed by atoms with Crippen molar-refractivity contribution < 1.29 is 36.0 Å². The van der Waals surface area contributed by atoms with Crippen LogP contribution in [0.2, 0.25) is 10.0 Å². The molecule has 1 atom stereocenters. The molecule has 1 aliphatic heterocycles. The smallest absolute Gasteiger partial charge is 0.374 e. The SMILES string of the molecule is O=C(NCc1ccccn1)c1ccc(C2=NOC(c3cc(Cl)cc(Cl)c3)(C(F)(F)F)C2)cc1C(F)(F)F. The Balaban J connectivity index is 1.66. The van der Waals surface area contributed by atoms with E-state index in [-0.39, 0.29) is 22.2 Å².